The molecule has 6 nitrogen and oxygen atoms in total. The lowest BCUT2D eigenvalue weighted by atomic mass is 9.67. The van der Waals surface area contributed by atoms with Gasteiger partial charge in [-0.2, -0.15) is 0 Å². The Balaban J connectivity index is 1.25. The first-order valence-electron chi connectivity index (χ1n) is 16.4. The molecule has 8 rings (SSSR count). The minimum absolute atomic E-state index is 0.0102. The summed E-state index contributed by atoms with van der Waals surface area (Å²) in [5.74, 6) is 9.02. The van der Waals surface area contributed by atoms with Gasteiger partial charge >= 0.3 is 0 Å². The summed E-state index contributed by atoms with van der Waals surface area (Å²) in [7, 11) is 0. The van der Waals surface area contributed by atoms with Gasteiger partial charge in [0.25, 0.3) is 0 Å². The number of aromatic hydroxyl groups is 2. The summed E-state index contributed by atoms with van der Waals surface area (Å²) in [6, 6.07) is 50.7. The van der Waals surface area contributed by atoms with Crippen LogP contribution < -0.4 is 20.9 Å². The highest BCUT2D eigenvalue weighted by atomic mass is 16.5. The number of hydrogen-bond acceptors (Lipinski definition) is 6. The summed E-state index contributed by atoms with van der Waals surface area (Å²) in [5.41, 5.74) is 20.2. The maximum absolute atomic E-state index is 9.87. The molecule has 6 heteroatoms. The lowest BCUT2D eigenvalue weighted by molar-refractivity contribution is 0.466. The number of nitrogens with two attached hydrogens (primary N) is 2. The predicted molar refractivity (Wildman–Crippen MR) is 201 cm³/mol. The Morgan fingerprint density at radius 1 is 0.431 bits per heavy atom. The first kappa shape index (κ1) is 31.2. The van der Waals surface area contributed by atoms with Crippen LogP contribution in [0.3, 0.4) is 0 Å². The molecule has 0 aliphatic heterocycles. The van der Waals surface area contributed by atoms with Crippen molar-refractivity contribution in [3.05, 3.63) is 191 Å². The summed E-state index contributed by atoms with van der Waals surface area (Å²) in [6.07, 6.45) is 0. The van der Waals surface area contributed by atoms with Crippen molar-refractivity contribution in [2.45, 2.75) is 5.41 Å². The van der Waals surface area contributed by atoms with Crippen molar-refractivity contribution < 1.29 is 19.7 Å². The van der Waals surface area contributed by atoms with Crippen LogP contribution in [-0.4, -0.2) is 10.2 Å². The molecule has 0 radical (unpaired) electrons. The summed E-state index contributed by atoms with van der Waals surface area (Å²) in [5, 5.41) is 19.7. The molecule has 0 atom stereocenters. The molecule has 0 fully saturated rings. The molecule has 0 aromatic heterocycles. The molecule has 1 aliphatic rings. The van der Waals surface area contributed by atoms with E-state index in [-0.39, 0.29) is 22.9 Å². The zero-order chi connectivity index (χ0) is 35.0. The lowest BCUT2D eigenvalue weighted by Gasteiger charge is -2.34. The van der Waals surface area contributed by atoms with Crippen molar-refractivity contribution >= 4 is 11.4 Å². The molecule has 0 amide bonds. The van der Waals surface area contributed by atoms with Crippen LogP contribution in [0.1, 0.15) is 33.4 Å². The second-order valence-corrected chi connectivity index (χ2v) is 12.4. The van der Waals surface area contributed by atoms with Crippen molar-refractivity contribution in [3.63, 3.8) is 0 Å². The molecule has 1 aliphatic carbocycles. The van der Waals surface area contributed by atoms with E-state index in [0.29, 0.717) is 23.0 Å². The maximum atomic E-state index is 9.87. The number of fused-ring (bicyclic) bond motifs is 3. The zero-order valence-electron chi connectivity index (χ0n) is 27.4. The number of nitrogen functional groups attached to an aromatic ring is 2. The van der Waals surface area contributed by atoms with E-state index in [4.69, 9.17) is 20.9 Å². The Bertz CT molecular complexity index is 2370. The largest absolute Gasteiger partial charge is 0.506 e. The lowest BCUT2D eigenvalue weighted by Crippen LogP contribution is -2.28. The number of phenols is 2. The highest BCUT2D eigenvalue weighted by Gasteiger charge is 2.46. The van der Waals surface area contributed by atoms with Crippen LogP contribution in [0.2, 0.25) is 0 Å². The Morgan fingerprint density at radius 3 is 1.49 bits per heavy atom. The molecule has 7 aromatic carbocycles. The van der Waals surface area contributed by atoms with Crippen LogP contribution in [0.25, 0.3) is 11.1 Å². The minimum Gasteiger partial charge on any atom is -0.506 e. The summed E-state index contributed by atoms with van der Waals surface area (Å²) < 4.78 is 12.3. The number of phenolic OH excluding ortho intramolecular Hbond substituents is 2. The standard InChI is InChI=1S/C45H32N2O4/c46-41-27-35(21-24-43(41)48)50-33-17-13-31(14-18-33)45(32-15-19-34(20-16-32)51-36-22-25-44(49)42(47)28-36)39-9-5-4-8-37(39)38-26-30(12-23-40(38)45)11-10-29-6-2-1-3-7-29/h1-9,12-28,48-49H,46-47H2. The second-order valence-electron chi connectivity index (χ2n) is 12.4. The Labute approximate surface area is 295 Å². The van der Waals surface area contributed by atoms with Gasteiger partial charge in [0.15, 0.2) is 0 Å². The first-order chi connectivity index (χ1) is 24.9. The highest BCUT2D eigenvalue weighted by Crippen LogP contribution is 2.56. The normalized spacial score (nSPS) is 12.2. The van der Waals surface area contributed by atoms with E-state index in [1.165, 1.54) is 12.1 Å². The molecular weight excluding hydrogens is 633 g/mol. The SMILES string of the molecule is Nc1cc(Oc2ccc(C3(c4ccc(Oc5ccc(O)c(N)c5)cc4)c4ccccc4-c4cc(C#Cc5ccccc5)ccc43)cc2)ccc1O. The number of rotatable bonds is 6. The summed E-state index contributed by atoms with van der Waals surface area (Å²) in [4.78, 5) is 0. The van der Waals surface area contributed by atoms with Gasteiger partial charge < -0.3 is 31.2 Å². The van der Waals surface area contributed by atoms with Crippen LogP contribution in [0.5, 0.6) is 34.5 Å². The third-order valence-electron chi connectivity index (χ3n) is 9.21. The fraction of sp³-hybridized carbons (Fsp3) is 0.0222. The predicted octanol–water partition coefficient (Wildman–Crippen LogP) is 9.61. The van der Waals surface area contributed by atoms with Gasteiger partial charge in [0, 0.05) is 23.3 Å². The van der Waals surface area contributed by atoms with Crippen LogP contribution in [-0.2, 0) is 5.41 Å². The van der Waals surface area contributed by atoms with E-state index in [2.05, 4.69) is 78.6 Å². The van der Waals surface area contributed by atoms with Gasteiger partial charge in [-0.3, -0.25) is 0 Å². The van der Waals surface area contributed by atoms with Crippen molar-refractivity contribution in [2.75, 3.05) is 11.5 Å². The van der Waals surface area contributed by atoms with Gasteiger partial charge in [-0.05, 0) is 106 Å². The van der Waals surface area contributed by atoms with Crippen molar-refractivity contribution in [1.29, 1.82) is 0 Å². The molecule has 7 aromatic rings. The van der Waals surface area contributed by atoms with Crippen molar-refractivity contribution in [2.24, 2.45) is 0 Å². The highest BCUT2D eigenvalue weighted by molar-refractivity contribution is 5.87. The van der Waals surface area contributed by atoms with E-state index < -0.39 is 5.41 Å². The smallest absolute Gasteiger partial charge is 0.138 e. The molecular formula is C45H32N2O4. The van der Waals surface area contributed by atoms with Gasteiger partial charge in [0.1, 0.15) is 34.5 Å². The van der Waals surface area contributed by atoms with E-state index >= 15 is 0 Å². The monoisotopic (exact) mass is 664 g/mol. The Hall–Kier alpha value is -7.10. The molecule has 51 heavy (non-hydrogen) atoms. The van der Waals surface area contributed by atoms with E-state index in [1.54, 1.807) is 24.3 Å². The maximum Gasteiger partial charge on any atom is 0.138 e. The van der Waals surface area contributed by atoms with Gasteiger partial charge in [0.05, 0.1) is 16.8 Å². The van der Waals surface area contributed by atoms with Crippen molar-refractivity contribution in [1.82, 2.24) is 0 Å². The zero-order valence-corrected chi connectivity index (χ0v) is 27.4. The van der Waals surface area contributed by atoms with Crippen LogP contribution in [0.4, 0.5) is 11.4 Å². The molecule has 0 spiro atoms. The third-order valence-corrected chi connectivity index (χ3v) is 9.21. The van der Waals surface area contributed by atoms with Crippen LogP contribution >= 0.6 is 0 Å². The number of anilines is 2. The molecule has 0 saturated heterocycles. The molecule has 0 heterocycles. The minimum atomic E-state index is -0.680. The molecule has 0 bridgehead atoms. The summed E-state index contributed by atoms with van der Waals surface area (Å²) in [6.45, 7) is 0. The molecule has 6 N–H and O–H groups in total. The van der Waals surface area contributed by atoms with E-state index in [1.807, 2.05) is 54.6 Å². The van der Waals surface area contributed by atoms with E-state index in [0.717, 1.165) is 44.5 Å². The fourth-order valence-corrected chi connectivity index (χ4v) is 6.83. The average Bonchev–Trinajstić information content (AvgIpc) is 3.45. The topological polar surface area (TPSA) is 111 Å². The quantitative estimate of drug-likeness (QED) is 0.0801. The van der Waals surface area contributed by atoms with Crippen molar-refractivity contribution in [3.8, 4) is 57.5 Å². The summed E-state index contributed by atoms with van der Waals surface area (Å²) >= 11 is 0. The first-order valence-corrected chi connectivity index (χ1v) is 16.4. The van der Waals surface area contributed by atoms with Crippen LogP contribution in [0.15, 0.2) is 158 Å². The Kier molecular flexibility index (Phi) is 7.79. The van der Waals surface area contributed by atoms with Gasteiger partial charge in [-0.15, -0.1) is 0 Å². The fourth-order valence-electron chi connectivity index (χ4n) is 6.83. The van der Waals surface area contributed by atoms with Gasteiger partial charge in [0.2, 0.25) is 0 Å². The van der Waals surface area contributed by atoms with Gasteiger partial charge in [-0.25, -0.2) is 0 Å². The average molecular weight is 665 g/mol. The second kappa shape index (κ2) is 12.7. The number of ether oxygens (including phenoxy) is 2. The molecule has 0 unspecified atom stereocenters. The number of hydrogen-bond donors (Lipinski definition) is 4. The molecule has 0 saturated carbocycles. The number of benzene rings is 7. The van der Waals surface area contributed by atoms with Crippen LogP contribution in [0, 0.1) is 11.8 Å². The Morgan fingerprint density at radius 2 is 0.922 bits per heavy atom. The third kappa shape index (κ3) is 5.73. The molecule has 246 valence electrons. The van der Waals surface area contributed by atoms with Gasteiger partial charge in [-0.1, -0.05) is 84.6 Å². The van der Waals surface area contributed by atoms with E-state index in [9.17, 15) is 10.2 Å².